The van der Waals surface area contributed by atoms with Gasteiger partial charge in [-0.15, -0.1) is 0 Å². The summed E-state index contributed by atoms with van der Waals surface area (Å²) in [5.41, 5.74) is 0.388. The van der Waals surface area contributed by atoms with Crippen molar-refractivity contribution in [3.8, 4) is 5.75 Å². The minimum atomic E-state index is -0.667. The number of nitro benzene ring substituents is 1. The lowest BCUT2D eigenvalue weighted by Gasteiger charge is -2.06. The second-order valence-electron chi connectivity index (χ2n) is 4.51. The van der Waals surface area contributed by atoms with E-state index in [1.807, 2.05) is 0 Å². The number of aromatic nitrogens is 1. The first-order chi connectivity index (χ1) is 10.4. The third-order valence-electron chi connectivity index (χ3n) is 3.06. The number of hydrogen-bond donors (Lipinski definition) is 0. The summed E-state index contributed by atoms with van der Waals surface area (Å²) in [7, 11) is 1.59. The lowest BCUT2D eigenvalue weighted by atomic mass is 10.2. The van der Waals surface area contributed by atoms with Gasteiger partial charge in [0.1, 0.15) is 0 Å². The van der Waals surface area contributed by atoms with Crippen LogP contribution in [0.1, 0.15) is 24.3 Å². The van der Waals surface area contributed by atoms with Crippen molar-refractivity contribution < 1.29 is 24.0 Å². The van der Waals surface area contributed by atoms with Crippen molar-refractivity contribution in [2.75, 3.05) is 6.61 Å². The summed E-state index contributed by atoms with van der Waals surface area (Å²) in [5.74, 6) is -1.34. The molecule has 0 N–H and O–H groups in total. The molecular weight excluding hydrogens is 292 g/mol. The predicted molar refractivity (Wildman–Crippen MR) is 76.8 cm³/mol. The number of nitrogens with zero attached hydrogens (tertiary/aromatic N) is 2. The molecule has 0 aliphatic rings. The van der Waals surface area contributed by atoms with Crippen LogP contribution in [-0.2, 0) is 16.6 Å². The van der Waals surface area contributed by atoms with Crippen molar-refractivity contribution >= 4 is 28.5 Å². The highest BCUT2D eigenvalue weighted by Gasteiger charge is 2.26. The molecule has 8 heteroatoms. The van der Waals surface area contributed by atoms with Crippen LogP contribution >= 0.6 is 0 Å². The topological polar surface area (TPSA) is 101 Å². The number of carbonyl (C=O) groups excluding carboxylic acids is 2. The van der Waals surface area contributed by atoms with Crippen LogP contribution in [0.4, 0.5) is 5.69 Å². The molecule has 0 saturated heterocycles. The fourth-order valence-electron chi connectivity index (χ4n) is 2.19. The average molecular weight is 306 g/mol. The fourth-order valence-corrected chi connectivity index (χ4v) is 2.19. The maximum Gasteiger partial charge on any atom is 0.358 e. The maximum atomic E-state index is 12.1. The van der Waals surface area contributed by atoms with Crippen LogP contribution in [0.5, 0.6) is 5.75 Å². The van der Waals surface area contributed by atoms with E-state index in [1.165, 1.54) is 29.7 Å². The van der Waals surface area contributed by atoms with Gasteiger partial charge in [0.2, 0.25) is 0 Å². The van der Waals surface area contributed by atoms with Crippen LogP contribution in [0.25, 0.3) is 10.9 Å². The van der Waals surface area contributed by atoms with Crippen molar-refractivity contribution in [2.45, 2.75) is 13.8 Å². The quantitative estimate of drug-likeness (QED) is 0.487. The molecule has 0 aliphatic heterocycles. The Bertz CT molecular complexity index is 777. The zero-order valence-electron chi connectivity index (χ0n) is 12.3. The highest BCUT2D eigenvalue weighted by molar-refractivity contribution is 6.03. The summed E-state index contributed by atoms with van der Waals surface area (Å²) in [6.07, 6.45) is 0. The van der Waals surface area contributed by atoms with Crippen LogP contribution < -0.4 is 4.74 Å². The summed E-state index contributed by atoms with van der Waals surface area (Å²) in [6, 6.07) is 4.06. The van der Waals surface area contributed by atoms with Crippen molar-refractivity contribution in [3.05, 3.63) is 34.0 Å². The Morgan fingerprint density at radius 1 is 1.36 bits per heavy atom. The molecule has 0 unspecified atom stereocenters. The fraction of sp³-hybridized carbons (Fsp3) is 0.286. The summed E-state index contributed by atoms with van der Waals surface area (Å²) in [4.78, 5) is 33.7. The molecule has 0 aliphatic carbocycles. The molecule has 0 amide bonds. The highest BCUT2D eigenvalue weighted by Crippen LogP contribution is 2.35. The van der Waals surface area contributed by atoms with E-state index in [4.69, 9.17) is 9.47 Å². The molecule has 2 aromatic rings. The first-order valence-electron chi connectivity index (χ1n) is 6.49. The van der Waals surface area contributed by atoms with E-state index in [0.717, 1.165) is 0 Å². The Morgan fingerprint density at radius 3 is 2.59 bits per heavy atom. The summed E-state index contributed by atoms with van der Waals surface area (Å²) in [5, 5.41) is 11.2. The molecule has 1 aromatic carbocycles. The van der Waals surface area contributed by atoms with E-state index in [2.05, 4.69) is 0 Å². The molecule has 8 nitrogen and oxygen atoms in total. The second-order valence-corrected chi connectivity index (χ2v) is 4.51. The molecule has 0 fully saturated rings. The molecule has 0 atom stereocenters. The Hall–Kier alpha value is -2.90. The Kier molecular flexibility index (Phi) is 4.11. The molecule has 116 valence electrons. The van der Waals surface area contributed by atoms with Crippen LogP contribution in [0.15, 0.2) is 18.2 Å². The van der Waals surface area contributed by atoms with Gasteiger partial charge in [-0.2, -0.15) is 0 Å². The number of non-ortho nitro benzene ring substituents is 1. The maximum absolute atomic E-state index is 12.1. The first kappa shape index (κ1) is 15.5. The van der Waals surface area contributed by atoms with Gasteiger partial charge in [-0.25, -0.2) is 4.79 Å². The summed E-state index contributed by atoms with van der Waals surface area (Å²) >= 11 is 0. The minimum Gasteiger partial charge on any atom is -0.461 e. The summed E-state index contributed by atoms with van der Waals surface area (Å²) < 4.78 is 11.5. The third-order valence-corrected chi connectivity index (χ3v) is 3.06. The minimum absolute atomic E-state index is 0.0348. The molecule has 0 radical (unpaired) electrons. The van der Waals surface area contributed by atoms with Crippen molar-refractivity contribution in [3.63, 3.8) is 0 Å². The number of nitro groups is 1. The van der Waals surface area contributed by atoms with E-state index in [-0.39, 0.29) is 23.7 Å². The van der Waals surface area contributed by atoms with Crippen LogP contribution in [0.2, 0.25) is 0 Å². The Balaban J connectivity index is 2.76. The smallest absolute Gasteiger partial charge is 0.358 e. The third kappa shape index (κ3) is 2.62. The number of ether oxygens (including phenoxy) is 2. The molecule has 22 heavy (non-hydrogen) atoms. The van der Waals surface area contributed by atoms with Crippen molar-refractivity contribution in [1.29, 1.82) is 0 Å². The zero-order chi connectivity index (χ0) is 16.4. The summed E-state index contributed by atoms with van der Waals surface area (Å²) in [6.45, 7) is 2.99. The number of aryl methyl sites for hydroxylation is 1. The van der Waals surface area contributed by atoms with Gasteiger partial charge in [-0.1, -0.05) is 0 Å². The molecule has 1 heterocycles. The van der Waals surface area contributed by atoms with Crippen LogP contribution in [0, 0.1) is 10.1 Å². The van der Waals surface area contributed by atoms with Gasteiger partial charge in [0.05, 0.1) is 22.4 Å². The van der Waals surface area contributed by atoms with E-state index >= 15 is 0 Å². The van der Waals surface area contributed by atoms with Gasteiger partial charge in [0, 0.05) is 26.1 Å². The Morgan fingerprint density at radius 2 is 2.05 bits per heavy atom. The lowest BCUT2D eigenvalue weighted by Crippen LogP contribution is -2.13. The van der Waals surface area contributed by atoms with Gasteiger partial charge in [0.15, 0.2) is 11.4 Å². The normalized spacial score (nSPS) is 10.5. The lowest BCUT2D eigenvalue weighted by molar-refractivity contribution is -0.384. The molecule has 0 saturated carbocycles. The SMILES string of the molecule is CCOC(=O)c1c(OC(C)=O)c2cc([N+](=O)[O-])ccc2n1C. The molecule has 1 aromatic heterocycles. The molecule has 2 rings (SSSR count). The van der Waals surface area contributed by atoms with Gasteiger partial charge >= 0.3 is 11.9 Å². The van der Waals surface area contributed by atoms with E-state index in [0.29, 0.717) is 10.9 Å². The van der Waals surface area contributed by atoms with Crippen molar-refractivity contribution in [1.82, 2.24) is 4.57 Å². The van der Waals surface area contributed by atoms with Gasteiger partial charge < -0.3 is 14.0 Å². The Labute approximate surface area is 125 Å². The number of benzene rings is 1. The number of carbonyl (C=O) groups is 2. The number of esters is 2. The second kappa shape index (κ2) is 5.84. The highest BCUT2D eigenvalue weighted by atomic mass is 16.6. The number of fused-ring (bicyclic) bond motifs is 1. The molecule has 0 bridgehead atoms. The molecular formula is C14H14N2O6. The number of hydrogen-bond acceptors (Lipinski definition) is 6. The van der Waals surface area contributed by atoms with E-state index in [9.17, 15) is 19.7 Å². The number of rotatable bonds is 4. The van der Waals surface area contributed by atoms with Gasteiger partial charge in [-0.05, 0) is 13.0 Å². The largest absolute Gasteiger partial charge is 0.461 e. The first-order valence-corrected chi connectivity index (χ1v) is 6.49. The van der Waals surface area contributed by atoms with Gasteiger partial charge in [0.25, 0.3) is 5.69 Å². The monoisotopic (exact) mass is 306 g/mol. The standard InChI is InChI=1S/C14H14N2O6/c1-4-21-14(18)12-13(22-8(2)17)10-7-9(16(19)20)5-6-11(10)15(12)3/h5-7H,4H2,1-3H3. The van der Waals surface area contributed by atoms with Crippen LogP contribution in [-0.4, -0.2) is 28.0 Å². The van der Waals surface area contributed by atoms with Crippen LogP contribution in [0.3, 0.4) is 0 Å². The zero-order valence-corrected chi connectivity index (χ0v) is 12.3. The predicted octanol–water partition coefficient (Wildman–Crippen LogP) is 2.19. The average Bonchev–Trinajstić information content (AvgIpc) is 2.71. The van der Waals surface area contributed by atoms with E-state index < -0.39 is 16.9 Å². The van der Waals surface area contributed by atoms with E-state index in [1.54, 1.807) is 14.0 Å². The van der Waals surface area contributed by atoms with Gasteiger partial charge in [-0.3, -0.25) is 14.9 Å². The van der Waals surface area contributed by atoms with Crippen molar-refractivity contribution in [2.24, 2.45) is 7.05 Å². The molecule has 0 spiro atoms.